The number of thiocarbonyl (C=S) groups is 1. The van der Waals surface area contributed by atoms with Crippen molar-refractivity contribution in [2.75, 3.05) is 0 Å². The lowest BCUT2D eigenvalue weighted by Crippen LogP contribution is -2.46. The lowest BCUT2D eigenvalue weighted by Gasteiger charge is -2.29. The molecule has 0 saturated heterocycles. The number of rotatable bonds is 2. The van der Waals surface area contributed by atoms with E-state index in [0.29, 0.717) is 16.4 Å². The van der Waals surface area contributed by atoms with Gasteiger partial charge >= 0.3 is 0 Å². The molecule has 0 unspecified atom stereocenters. The van der Waals surface area contributed by atoms with Crippen LogP contribution in [0.1, 0.15) is 18.5 Å². The highest BCUT2D eigenvalue weighted by Crippen LogP contribution is 2.27. The number of carbonyl (C=O) groups excluding carboxylic acids is 1. The molecule has 1 atom stereocenters. The first-order valence-corrected chi connectivity index (χ1v) is 5.77. The summed E-state index contributed by atoms with van der Waals surface area (Å²) in [6, 6.07) is 6.15. The first-order valence-electron chi connectivity index (χ1n) is 5.36. The third kappa shape index (κ3) is 2.28. The van der Waals surface area contributed by atoms with Gasteiger partial charge in [-0.2, -0.15) is 0 Å². The molecule has 0 bridgehead atoms. The van der Waals surface area contributed by atoms with Crippen LogP contribution in [-0.2, 0) is 4.79 Å². The van der Waals surface area contributed by atoms with E-state index in [1.165, 1.54) is 0 Å². The van der Waals surface area contributed by atoms with Gasteiger partial charge in [-0.15, -0.1) is 0 Å². The number of benzene rings is 1. The Morgan fingerprint density at radius 2 is 2.00 bits per heavy atom. The molecule has 94 valence electrons. The number of phenolic OH excluding ortho intramolecular Hbond substituents is 1. The van der Waals surface area contributed by atoms with Gasteiger partial charge in [-0.25, -0.2) is 0 Å². The highest BCUT2D eigenvalue weighted by Gasteiger charge is 2.28. The van der Waals surface area contributed by atoms with Gasteiger partial charge in [0.1, 0.15) is 5.75 Å². The number of amides is 1. The molecule has 1 aromatic rings. The van der Waals surface area contributed by atoms with Crippen molar-refractivity contribution in [3.8, 4) is 5.75 Å². The van der Waals surface area contributed by atoms with Crippen molar-refractivity contribution in [3.05, 3.63) is 41.1 Å². The number of hydrogen-bond acceptors (Lipinski definition) is 3. The Kier molecular flexibility index (Phi) is 3.20. The smallest absolute Gasteiger partial charge is 0.248 e. The Balaban J connectivity index is 2.46. The van der Waals surface area contributed by atoms with E-state index in [1.54, 1.807) is 31.2 Å². The lowest BCUT2D eigenvalue weighted by atomic mass is 9.95. The van der Waals surface area contributed by atoms with Gasteiger partial charge < -0.3 is 21.5 Å². The van der Waals surface area contributed by atoms with Crippen LogP contribution in [0.25, 0.3) is 0 Å². The molecule has 5 N–H and O–H groups in total. The quantitative estimate of drug-likeness (QED) is 0.589. The minimum absolute atomic E-state index is 0.164. The van der Waals surface area contributed by atoms with Crippen molar-refractivity contribution in [2.24, 2.45) is 5.73 Å². The Morgan fingerprint density at radius 3 is 2.56 bits per heavy atom. The fraction of sp³-hybridized carbons (Fsp3) is 0.167. The third-order valence-corrected chi connectivity index (χ3v) is 2.98. The normalized spacial score (nSPS) is 19.2. The topological polar surface area (TPSA) is 87.4 Å². The van der Waals surface area contributed by atoms with Gasteiger partial charge in [0.15, 0.2) is 5.11 Å². The third-order valence-electron chi connectivity index (χ3n) is 2.76. The zero-order valence-electron chi connectivity index (χ0n) is 9.73. The molecule has 1 heterocycles. The second-order valence-corrected chi connectivity index (χ2v) is 4.43. The van der Waals surface area contributed by atoms with Gasteiger partial charge in [0.2, 0.25) is 5.91 Å². The maximum Gasteiger partial charge on any atom is 0.248 e. The van der Waals surface area contributed by atoms with Crippen LogP contribution in [0.15, 0.2) is 35.5 Å². The van der Waals surface area contributed by atoms with E-state index < -0.39 is 11.9 Å². The first kappa shape index (κ1) is 12.4. The minimum Gasteiger partial charge on any atom is -0.508 e. The van der Waals surface area contributed by atoms with E-state index in [2.05, 4.69) is 10.6 Å². The minimum atomic E-state index is -0.506. The summed E-state index contributed by atoms with van der Waals surface area (Å²) >= 11 is 5.07. The Bertz CT molecular complexity index is 537. The van der Waals surface area contributed by atoms with Crippen LogP contribution >= 0.6 is 12.2 Å². The highest BCUT2D eigenvalue weighted by molar-refractivity contribution is 7.80. The number of nitrogens with one attached hydrogen (secondary N) is 2. The van der Waals surface area contributed by atoms with Crippen molar-refractivity contribution < 1.29 is 9.90 Å². The molecule has 0 radical (unpaired) electrons. The molecule has 18 heavy (non-hydrogen) atoms. The summed E-state index contributed by atoms with van der Waals surface area (Å²) in [6.07, 6.45) is 0. The predicted molar refractivity (Wildman–Crippen MR) is 71.6 cm³/mol. The number of allylic oxidation sites excluding steroid dienone is 1. The van der Waals surface area contributed by atoms with Crippen LogP contribution < -0.4 is 16.4 Å². The largest absolute Gasteiger partial charge is 0.508 e. The van der Waals surface area contributed by atoms with Crippen molar-refractivity contribution in [1.82, 2.24) is 10.6 Å². The van der Waals surface area contributed by atoms with Crippen molar-refractivity contribution in [2.45, 2.75) is 13.0 Å². The Morgan fingerprint density at radius 1 is 1.39 bits per heavy atom. The molecule has 5 nitrogen and oxygen atoms in total. The molecule has 0 aliphatic carbocycles. The molecule has 0 saturated carbocycles. The fourth-order valence-corrected chi connectivity index (χ4v) is 2.21. The molecule has 1 aromatic carbocycles. The van der Waals surface area contributed by atoms with Gasteiger partial charge in [0.05, 0.1) is 11.6 Å². The Hall–Kier alpha value is -2.08. The Labute approximate surface area is 110 Å². The summed E-state index contributed by atoms with van der Waals surface area (Å²) in [5.74, 6) is -0.343. The van der Waals surface area contributed by atoms with Crippen molar-refractivity contribution in [3.63, 3.8) is 0 Å². The molecule has 1 aliphatic heterocycles. The molecular formula is C12H13N3O2S. The van der Waals surface area contributed by atoms with Gasteiger partial charge in [-0.1, -0.05) is 12.1 Å². The maximum absolute atomic E-state index is 11.5. The van der Waals surface area contributed by atoms with Crippen LogP contribution in [-0.4, -0.2) is 16.1 Å². The summed E-state index contributed by atoms with van der Waals surface area (Å²) in [5.41, 5.74) is 7.28. The standard InChI is InChI=1S/C12H13N3O2S/c1-6-9(11(13)17)10(15-12(18)14-6)7-2-4-8(16)5-3-7/h2-5,10,16H,1H3,(H2,13,17)(H2,14,15,18)/t10-/m1/s1. The summed E-state index contributed by atoms with van der Waals surface area (Å²) in [4.78, 5) is 11.5. The van der Waals surface area contributed by atoms with Crippen LogP contribution in [0.2, 0.25) is 0 Å². The number of aromatic hydroxyl groups is 1. The van der Waals surface area contributed by atoms with Crippen molar-refractivity contribution in [1.29, 1.82) is 0 Å². The first-order chi connectivity index (χ1) is 8.49. The molecule has 0 fully saturated rings. The number of primary amides is 1. The number of phenols is 1. The van der Waals surface area contributed by atoms with Crippen LogP contribution in [0.3, 0.4) is 0 Å². The van der Waals surface area contributed by atoms with Gasteiger partial charge in [-0.3, -0.25) is 4.79 Å². The zero-order chi connectivity index (χ0) is 13.3. The average molecular weight is 263 g/mol. The van der Waals surface area contributed by atoms with Crippen molar-refractivity contribution >= 4 is 23.2 Å². The predicted octanol–water partition coefficient (Wildman–Crippen LogP) is 0.670. The van der Waals surface area contributed by atoms with E-state index in [9.17, 15) is 9.90 Å². The van der Waals surface area contributed by atoms with E-state index in [0.717, 1.165) is 5.56 Å². The summed E-state index contributed by atoms with van der Waals surface area (Å²) < 4.78 is 0. The highest BCUT2D eigenvalue weighted by atomic mass is 32.1. The molecular weight excluding hydrogens is 250 g/mol. The molecule has 1 aliphatic rings. The SMILES string of the molecule is CC1=C(C(N)=O)[C@@H](c2ccc(O)cc2)NC(=S)N1. The van der Waals surface area contributed by atoms with Crippen LogP contribution in [0.5, 0.6) is 5.75 Å². The number of hydrogen-bond donors (Lipinski definition) is 4. The second kappa shape index (κ2) is 4.66. The average Bonchev–Trinajstić information content (AvgIpc) is 2.28. The van der Waals surface area contributed by atoms with Gasteiger partial charge in [-0.05, 0) is 36.8 Å². The maximum atomic E-state index is 11.5. The molecule has 0 spiro atoms. The summed E-state index contributed by atoms with van der Waals surface area (Å²) in [5, 5.41) is 15.6. The van der Waals surface area contributed by atoms with E-state index in [4.69, 9.17) is 18.0 Å². The van der Waals surface area contributed by atoms with E-state index >= 15 is 0 Å². The summed E-state index contributed by atoms with van der Waals surface area (Å²) in [6.45, 7) is 1.75. The number of nitrogens with two attached hydrogens (primary N) is 1. The lowest BCUT2D eigenvalue weighted by molar-refractivity contribution is -0.115. The van der Waals surface area contributed by atoms with Gasteiger partial charge in [0.25, 0.3) is 0 Å². The molecule has 2 rings (SSSR count). The molecule has 0 aromatic heterocycles. The second-order valence-electron chi connectivity index (χ2n) is 4.03. The van der Waals surface area contributed by atoms with Crippen LogP contribution in [0.4, 0.5) is 0 Å². The zero-order valence-corrected chi connectivity index (χ0v) is 10.5. The molecule has 1 amide bonds. The van der Waals surface area contributed by atoms with E-state index in [1.807, 2.05) is 0 Å². The number of carbonyl (C=O) groups is 1. The van der Waals surface area contributed by atoms with E-state index in [-0.39, 0.29) is 5.75 Å². The fourth-order valence-electron chi connectivity index (χ4n) is 1.94. The van der Waals surface area contributed by atoms with Crippen LogP contribution in [0, 0.1) is 0 Å². The monoisotopic (exact) mass is 263 g/mol. The molecule has 6 heteroatoms. The van der Waals surface area contributed by atoms with Gasteiger partial charge in [0, 0.05) is 5.70 Å². The summed E-state index contributed by atoms with van der Waals surface area (Å²) in [7, 11) is 0.